The SMILES string of the molecule is Cc1cc2ccccc2c(NCc2nc3ccccc3c(=O)[nH]2)n1. The number of nitrogens with zero attached hydrogens (tertiary/aromatic N) is 2. The van der Waals surface area contributed by atoms with E-state index < -0.39 is 0 Å². The molecule has 0 aliphatic carbocycles. The number of pyridine rings is 1. The van der Waals surface area contributed by atoms with Gasteiger partial charge in [0.15, 0.2) is 0 Å². The predicted octanol–water partition coefficient (Wildman–Crippen LogP) is 3.39. The van der Waals surface area contributed by atoms with Crippen molar-refractivity contribution in [3.8, 4) is 0 Å². The van der Waals surface area contributed by atoms with Crippen LogP contribution in [0.5, 0.6) is 0 Å². The molecule has 0 aliphatic rings. The van der Waals surface area contributed by atoms with Crippen molar-refractivity contribution in [3.63, 3.8) is 0 Å². The number of hydrogen-bond donors (Lipinski definition) is 2. The molecule has 0 amide bonds. The molecule has 4 aromatic rings. The summed E-state index contributed by atoms with van der Waals surface area (Å²) in [5.74, 6) is 1.38. The van der Waals surface area contributed by atoms with E-state index in [9.17, 15) is 4.79 Å². The summed E-state index contributed by atoms with van der Waals surface area (Å²) in [6, 6.07) is 17.5. The van der Waals surface area contributed by atoms with Crippen LogP contribution in [-0.2, 0) is 6.54 Å². The van der Waals surface area contributed by atoms with Gasteiger partial charge in [0, 0.05) is 11.1 Å². The lowest BCUT2D eigenvalue weighted by Gasteiger charge is -2.10. The molecule has 0 saturated carbocycles. The highest BCUT2D eigenvalue weighted by Gasteiger charge is 2.06. The summed E-state index contributed by atoms with van der Waals surface area (Å²) in [5, 5.41) is 6.07. The second-order valence-electron chi connectivity index (χ2n) is 5.72. The number of nitrogens with one attached hydrogen (secondary N) is 2. The molecule has 5 nitrogen and oxygen atoms in total. The summed E-state index contributed by atoms with van der Waals surface area (Å²) in [4.78, 5) is 24.0. The maximum absolute atomic E-state index is 12.1. The smallest absolute Gasteiger partial charge is 0.258 e. The number of hydrogen-bond acceptors (Lipinski definition) is 4. The molecule has 0 atom stereocenters. The Balaban J connectivity index is 1.69. The van der Waals surface area contributed by atoms with Crippen LogP contribution in [-0.4, -0.2) is 15.0 Å². The minimum Gasteiger partial charge on any atom is -0.362 e. The van der Waals surface area contributed by atoms with Crippen LogP contribution in [0.15, 0.2) is 59.4 Å². The van der Waals surface area contributed by atoms with Gasteiger partial charge in [0.25, 0.3) is 5.56 Å². The first-order valence-electron chi connectivity index (χ1n) is 7.79. The molecule has 2 aromatic carbocycles. The van der Waals surface area contributed by atoms with Gasteiger partial charge in [-0.3, -0.25) is 4.79 Å². The second-order valence-corrected chi connectivity index (χ2v) is 5.72. The molecular weight excluding hydrogens is 300 g/mol. The van der Waals surface area contributed by atoms with Crippen LogP contribution in [0.25, 0.3) is 21.7 Å². The molecule has 24 heavy (non-hydrogen) atoms. The molecule has 0 radical (unpaired) electrons. The third-order valence-electron chi connectivity index (χ3n) is 3.95. The number of aromatic amines is 1. The summed E-state index contributed by atoms with van der Waals surface area (Å²) in [6.45, 7) is 2.37. The number of fused-ring (bicyclic) bond motifs is 2. The highest BCUT2D eigenvalue weighted by atomic mass is 16.1. The van der Waals surface area contributed by atoms with Crippen molar-refractivity contribution in [2.24, 2.45) is 0 Å². The Morgan fingerprint density at radius 1 is 1.00 bits per heavy atom. The van der Waals surface area contributed by atoms with Gasteiger partial charge in [-0.1, -0.05) is 36.4 Å². The molecule has 2 N–H and O–H groups in total. The van der Waals surface area contributed by atoms with Gasteiger partial charge in [-0.05, 0) is 30.5 Å². The van der Waals surface area contributed by atoms with E-state index >= 15 is 0 Å². The molecule has 0 spiro atoms. The maximum atomic E-state index is 12.1. The zero-order chi connectivity index (χ0) is 16.5. The number of rotatable bonds is 3. The van der Waals surface area contributed by atoms with Crippen LogP contribution in [0.4, 0.5) is 5.82 Å². The first-order valence-corrected chi connectivity index (χ1v) is 7.79. The van der Waals surface area contributed by atoms with Crippen LogP contribution >= 0.6 is 0 Å². The standard InChI is InChI=1S/C19H16N4O/c1-12-10-13-6-2-3-7-14(13)18(21-12)20-11-17-22-16-9-5-4-8-15(16)19(24)23-17/h2-10H,11H2,1H3,(H,20,21)(H,22,23,24). The van der Waals surface area contributed by atoms with Crippen molar-refractivity contribution >= 4 is 27.5 Å². The first-order chi connectivity index (χ1) is 11.7. The lowest BCUT2D eigenvalue weighted by Crippen LogP contribution is -2.15. The molecule has 118 valence electrons. The molecule has 0 fully saturated rings. The van der Waals surface area contributed by atoms with Crippen molar-refractivity contribution in [1.82, 2.24) is 15.0 Å². The Bertz CT molecular complexity index is 1100. The zero-order valence-corrected chi connectivity index (χ0v) is 13.2. The molecule has 0 saturated heterocycles. The highest BCUT2D eigenvalue weighted by molar-refractivity contribution is 5.92. The fourth-order valence-electron chi connectivity index (χ4n) is 2.85. The Morgan fingerprint density at radius 3 is 2.62 bits per heavy atom. The largest absolute Gasteiger partial charge is 0.362 e. The van der Waals surface area contributed by atoms with Gasteiger partial charge in [0.1, 0.15) is 11.6 Å². The first kappa shape index (κ1) is 14.4. The Kier molecular flexibility index (Phi) is 3.46. The average Bonchev–Trinajstić information content (AvgIpc) is 2.59. The van der Waals surface area contributed by atoms with Crippen molar-refractivity contribution in [2.75, 3.05) is 5.32 Å². The molecule has 0 bridgehead atoms. The van der Waals surface area contributed by atoms with Crippen LogP contribution in [0.1, 0.15) is 11.5 Å². The Labute approximate surface area is 138 Å². The normalized spacial score (nSPS) is 11.0. The molecule has 0 unspecified atom stereocenters. The lowest BCUT2D eigenvalue weighted by molar-refractivity contribution is 0.946. The van der Waals surface area contributed by atoms with Gasteiger partial charge in [-0.2, -0.15) is 0 Å². The van der Waals surface area contributed by atoms with Crippen LogP contribution in [0, 0.1) is 6.92 Å². The van der Waals surface area contributed by atoms with Crippen molar-refractivity contribution in [1.29, 1.82) is 0 Å². The van der Waals surface area contributed by atoms with Crippen LogP contribution in [0.3, 0.4) is 0 Å². The lowest BCUT2D eigenvalue weighted by atomic mass is 10.1. The summed E-state index contributed by atoms with van der Waals surface area (Å²) in [7, 11) is 0. The van der Waals surface area contributed by atoms with Gasteiger partial charge >= 0.3 is 0 Å². The number of anilines is 1. The zero-order valence-electron chi connectivity index (χ0n) is 13.2. The quantitative estimate of drug-likeness (QED) is 0.608. The minimum absolute atomic E-state index is 0.126. The van der Waals surface area contributed by atoms with Crippen molar-refractivity contribution < 1.29 is 0 Å². The van der Waals surface area contributed by atoms with Crippen LogP contribution in [0.2, 0.25) is 0 Å². The van der Waals surface area contributed by atoms with Crippen LogP contribution < -0.4 is 10.9 Å². The minimum atomic E-state index is -0.126. The van der Waals surface area contributed by atoms with Gasteiger partial charge in [-0.15, -0.1) is 0 Å². The van der Waals surface area contributed by atoms with E-state index in [2.05, 4.69) is 32.4 Å². The van der Waals surface area contributed by atoms with Crippen molar-refractivity contribution in [3.05, 3.63) is 76.5 Å². The van der Waals surface area contributed by atoms with E-state index in [1.165, 1.54) is 0 Å². The summed E-state index contributed by atoms with van der Waals surface area (Å²) in [5.41, 5.74) is 1.51. The number of H-pyrrole nitrogens is 1. The van der Waals surface area contributed by atoms with E-state index in [1.807, 2.05) is 43.3 Å². The summed E-state index contributed by atoms with van der Waals surface area (Å²) >= 11 is 0. The van der Waals surface area contributed by atoms with Crippen molar-refractivity contribution in [2.45, 2.75) is 13.5 Å². The fraction of sp³-hybridized carbons (Fsp3) is 0.105. The third-order valence-corrected chi connectivity index (χ3v) is 3.95. The van der Waals surface area contributed by atoms with Gasteiger partial charge in [0.2, 0.25) is 0 Å². The predicted molar refractivity (Wildman–Crippen MR) is 96.2 cm³/mol. The second kappa shape index (κ2) is 5.77. The number of para-hydroxylation sites is 1. The van der Waals surface area contributed by atoms with E-state index in [-0.39, 0.29) is 5.56 Å². The summed E-state index contributed by atoms with van der Waals surface area (Å²) < 4.78 is 0. The highest BCUT2D eigenvalue weighted by Crippen LogP contribution is 2.22. The fourth-order valence-corrected chi connectivity index (χ4v) is 2.85. The molecule has 4 rings (SSSR count). The number of aryl methyl sites for hydroxylation is 1. The molecule has 2 heterocycles. The van der Waals surface area contributed by atoms with Gasteiger partial charge in [0.05, 0.1) is 17.4 Å². The number of aromatic nitrogens is 3. The van der Waals surface area contributed by atoms with E-state index in [0.29, 0.717) is 23.3 Å². The molecule has 5 heteroatoms. The average molecular weight is 316 g/mol. The Hall–Kier alpha value is -3.21. The van der Waals surface area contributed by atoms with Gasteiger partial charge < -0.3 is 10.3 Å². The number of benzene rings is 2. The molecule has 0 aliphatic heterocycles. The third kappa shape index (κ3) is 2.60. The van der Waals surface area contributed by atoms with E-state index in [0.717, 1.165) is 22.3 Å². The van der Waals surface area contributed by atoms with E-state index in [4.69, 9.17) is 0 Å². The Morgan fingerprint density at radius 2 is 1.75 bits per heavy atom. The molecule has 2 aromatic heterocycles. The summed E-state index contributed by atoms with van der Waals surface area (Å²) in [6.07, 6.45) is 0. The molecular formula is C19H16N4O. The van der Waals surface area contributed by atoms with E-state index in [1.54, 1.807) is 6.07 Å². The topological polar surface area (TPSA) is 70.7 Å². The van der Waals surface area contributed by atoms with Gasteiger partial charge in [-0.25, -0.2) is 9.97 Å². The monoisotopic (exact) mass is 316 g/mol. The maximum Gasteiger partial charge on any atom is 0.258 e.